The number of primary amides is 1. The maximum Gasteiger partial charge on any atom is 0.326 e. The SMILES string of the molecule is CC[C@H](C)[C@H](NC(=O)[C@H](CCC(N)=O)NC(=O)c1cc(Cl)ccc1OC[C@H](N)CC(C)C)C(=O)O. The third-order valence-electron chi connectivity index (χ3n) is 5.49. The quantitative estimate of drug-likeness (QED) is 0.239. The van der Waals surface area contributed by atoms with Gasteiger partial charge in [0.1, 0.15) is 24.4 Å². The Bertz CT molecular complexity index is 895. The molecule has 3 amide bonds. The molecule has 0 radical (unpaired) electrons. The van der Waals surface area contributed by atoms with Crippen LogP contribution in [-0.2, 0) is 14.4 Å². The third-order valence-corrected chi connectivity index (χ3v) is 5.73. The van der Waals surface area contributed by atoms with Gasteiger partial charge in [-0.15, -0.1) is 0 Å². The zero-order valence-corrected chi connectivity index (χ0v) is 21.4. The summed E-state index contributed by atoms with van der Waals surface area (Å²) in [6.45, 7) is 7.73. The summed E-state index contributed by atoms with van der Waals surface area (Å²) in [6.07, 6.45) is 0.932. The van der Waals surface area contributed by atoms with E-state index in [0.29, 0.717) is 12.3 Å². The first-order valence-electron chi connectivity index (χ1n) is 11.7. The number of carbonyl (C=O) groups is 4. The van der Waals surface area contributed by atoms with Crippen molar-refractivity contribution < 1.29 is 29.0 Å². The van der Waals surface area contributed by atoms with Crippen molar-refractivity contribution in [3.05, 3.63) is 28.8 Å². The molecule has 1 aromatic rings. The van der Waals surface area contributed by atoms with E-state index >= 15 is 0 Å². The van der Waals surface area contributed by atoms with Gasteiger partial charge in [0.15, 0.2) is 0 Å². The van der Waals surface area contributed by atoms with Gasteiger partial charge in [-0.05, 0) is 42.9 Å². The average Bonchev–Trinajstić information content (AvgIpc) is 2.77. The molecular formula is C24H37ClN4O6. The fourth-order valence-electron chi connectivity index (χ4n) is 3.40. The molecule has 1 rings (SSSR count). The van der Waals surface area contributed by atoms with Gasteiger partial charge in [0, 0.05) is 17.5 Å². The number of halogens is 1. The summed E-state index contributed by atoms with van der Waals surface area (Å²) in [7, 11) is 0. The Kier molecular flexibility index (Phi) is 12.5. The number of carbonyl (C=O) groups excluding carboxylic acids is 3. The number of aliphatic carboxylic acids is 1. The molecule has 0 aliphatic heterocycles. The molecule has 7 N–H and O–H groups in total. The fourth-order valence-corrected chi connectivity index (χ4v) is 3.58. The van der Waals surface area contributed by atoms with Gasteiger partial charge in [-0.25, -0.2) is 4.79 Å². The Labute approximate surface area is 211 Å². The van der Waals surface area contributed by atoms with Crippen molar-refractivity contribution in [1.82, 2.24) is 10.6 Å². The lowest BCUT2D eigenvalue weighted by molar-refractivity contribution is -0.143. The van der Waals surface area contributed by atoms with E-state index < -0.39 is 35.8 Å². The lowest BCUT2D eigenvalue weighted by Gasteiger charge is -2.24. The lowest BCUT2D eigenvalue weighted by Crippen LogP contribution is -2.53. The van der Waals surface area contributed by atoms with Gasteiger partial charge < -0.3 is 31.9 Å². The van der Waals surface area contributed by atoms with Crippen molar-refractivity contribution in [1.29, 1.82) is 0 Å². The van der Waals surface area contributed by atoms with Gasteiger partial charge in [0.25, 0.3) is 5.91 Å². The Hall–Kier alpha value is -2.85. The van der Waals surface area contributed by atoms with Gasteiger partial charge in [0.05, 0.1) is 5.56 Å². The van der Waals surface area contributed by atoms with E-state index in [4.69, 9.17) is 27.8 Å². The number of amides is 3. The summed E-state index contributed by atoms with van der Waals surface area (Å²) in [5.41, 5.74) is 11.4. The molecule has 0 heterocycles. The molecule has 10 nitrogen and oxygen atoms in total. The maximum absolute atomic E-state index is 13.1. The molecule has 0 saturated carbocycles. The Morgan fingerprint density at radius 1 is 1.14 bits per heavy atom. The number of carboxylic acids is 1. The van der Waals surface area contributed by atoms with E-state index in [-0.39, 0.29) is 47.7 Å². The highest BCUT2D eigenvalue weighted by atomic mass is 35.5. The van der Waals surface area contributed by atoms with Crippen LogP contribution in [0.3, 0.4) is 0 Å². The topological polar surface area (TPSA) is 174 Å². The molecule has 11 heteroatoms. The molecule has 0 aliphatic carbocycles. The van der Waals surface area contributed by atoms with Crippen LogP contribution in [0.1, 0.15) is 63.7 Å². The Morgan fingerprint density at radius 2 is 1.80 bits per heavy atom. The van der Waals surface area contributed by atoms with Crippen LogP contribution in [0.4, 0.5) is 0 Å². The third kappa shape index (κ3) is 10.5. The fraction of sp³-hybridized carbons (Fsp3) is 0.583. The second kappa shape index (κ2) is 14.5. The number of benzene rings is 1. The molecule has 0 fully saturated rings. The smallest absolute Gasteiger partial charge is 0.326 e. The van der Waals surface area contributed by atoms with Gasteiger partial charge in [-0.3, -0.25) is 14.4 Å². The summed E-state index contributed by atoms with van der Waals surface area (Å²) < 4.78 is 5.76. The first-order valence-corrected chi connectivity index (χ1v) is 12.0. The van der Waals surface area contributed by atoms with E-state index in [1.54, 1.807) is 19.9 Å². The van der Waals surface area contributed by atoms with Crippen LogP contribution in [-0.4, -0.2) is 53.5 Å². The normalized spacial score (nSPS) is 14.5. The highest BCUT2D eigenvalue weighted by Crippen LogP contribution is 2.24. The highest BCUT2D eigenvalue weighted by molar-refractivity contribution is 6.31. The number of hydrogen-bond donors (Lipinski definition) is 5. The highest BCUT2D eigenvalue weighted by Gasteiger charge is 2.30. The zero-order chi connectivity index (χ0) is 26.7. The number of ether oxygens (including phenoxy) is 1. The monoisotopic (exact) mass is 512 g/mol. The average molecular weight is 513 g/mol. The molecule has 0 aliphatic rings. The van der Waals surface area contributed by atoms with Crippen LogP contribution < -0.4 is 26.8 Å². The van der Waals surface area contributed by atoms with Crippen LogP contribution in [0.25, 0.3) is 0 Å². The van der Waals surface area contributed by atoms with E-state index in [1.807, 2.05) is 13.8 Å². The van der Waals surface area contributed by atoms with Crippen molar-refractivity contribution in [2.45, 2.75) is 71.5 Å². The van der Waals surface area contributed by atoms with Gasteiger partial charge in [-0.1, -0.05) is 45.7 Å². The van der Waals surface area contributed by atoms with Crippen LogP contribution in [0.2, 0.25) is 5.02 Å². The summed E-state index contributed by atoms with van der Waals surface area (Å²) >= 11 is 6.08. The number of hydrogen-bond acceptors (Lipinski definition) is 6. The summed E-state index contributed by atoms with van der Waals surface area (Å²) in [5, 5.41) is 14.8. The predicted octanol–water partition coefficient (Wildman–Crippen LogP) is 2.07. The van der Waals surface area contributed by atoms with Gasteiger partial charge >= 0.3 is 5.97 Å². The molecule has 0 unspecified atom stereocenters. The van der Waals surface area contributed by atoms with Crippen LogP contribution >= 0.6 is 11.6 Å². The maximum atomic E-state index is 13.1. The molecule has 4 atom stereocenters. The second-order valence-corrected chi connectivity index (χ2v) is 9.52. The van der Waals surface area contributed by atoms with Gasteiger partial charge in [-0.2, -0.15) is 0 Å². The minimum Gasteiger partial charge on any atom is -0.491 e. The number of nitrogens with two attached hydrogens (primary N) is 2. The number of rotatable bonds is 15. The summed E-state index contributed by atoms with van der Waals surface area (Å²) in [6, 6.07) is 1.86. The minimum atomic E-state index is -1.21. The molecular weight excluding hydrogens is 476 g/mol. The minimum absolute atomic E-state index is 0.0721. The molecule has 35 heavy (non-hydrogen) atoms. The van der Waals surface area contributed by atoms with E-state index in [9.17, 15) is 24.3 Å². The molecule has 0 aromatic heterocycles. The van der Waals surface area contributed by atoms with Crippen LogP contribution in [0.15, 0.2) is 18.2 Å². The summed E-state index contributed by atoms with van der Waals surface area (Å²) in [4.78, 5) is 49.0. The van der Waals surface area contributed by atoms with E-state index in [1.165, 1.54) is 12.1 Å². The van der Waals surface area contributed by atoms with Crippen molar-refractivity contribution >= 4 is 35.3 Å². The van der Waals surface area contributed by atoms with Crippen molar-refractivity contribution in [3.63, 3.8) is 0 Å². The van der Waals surface area contributed by atoms with Crippen LogP contribution in [0.5, 0.6) is 5.75 Å². The predicted molar refractivity (Wildman–Crippen MR) is 133 cm³/mol. The first kappa shape index (κ1) is 30.2. The zero-order valence-electron chi connectivity index (χ0n) is 20.7. The molecule has 196 valence electrons. The molecule has 1 aromatic carbocycles. The standard InChI is InChI=1S/C24H37ClN4O6/c1-5-14(4)21(24(33)34)29-23(32)18(7-9-20(27)30)28-22(31)17-11-15(25)6-8-19(17)35-12-16(26)10-13(2)3/h6,8,11,13-14,16,18,21H,5,7,9-10,12,26H2,1-4H3,(H2,27,30)(H,28,31)(H,29,32)(H,33,34)/t14-,16+,18-,21-/m0/s1. The summed E-state index contributed by atoms with van der Waals surface area (Å²) in [5.74, 6) is -3.04. The second-order valence-electron chi connectivity index (χ2n) is 9.08. The van der Waals surface area contributed by atoms with Crippen molar-refractivity contribution in [2.24, 2.45) is 23.3 Å². The Morgan fingerprint density at radius 3 is 2.34 bits per heavy atom. The molecule has 0 bridgehead atoms. The van der Waals surface area contributed by atoms with E-state index in [2.05, 4.69) is 10.6 Å². The molecule has 0 saturated heterocycles. The first-order chi connectivity index (χ1) is 16.3. The Balaban J connectivity index is 3.10. The number of nitrogens with one attached hydrogen (secondary N) is 2. The largest absolute Gasteiger partial charge is 0.491 e. The van der Waals surface area contributed by atoms with E-state index in [0.717, 1.165) is 6.42 Å². The molecule has 0 spiro atoms. The van der Waals surface area contributed by atoms with Crippen molar-refractivity contribution in [2.75, 3.05) is 6.61 Å². The van der Waals surface area contributed by atoms with Crippen molar-refractivity contribution in [3.8, 4) is 5.75 Å². The number of carboxylic acid groups (broad SMARTS) is 1. The van der Waals surface area contributed by atoms with Crippen LogP contribution in [0, 0.1) is 11.8 Å². The lowest BCUT2D eigenvalue weighted by atomic mass is 9.98. The van der Waals surface area contributed by atoms with Gasteiger partial charge in [0.2, 0.25) is 11.8 Å².